The van der Waals surface area contributed by atoms with Crippen LogP contribution < -0.4 is 5.32 Å². The Hall–Kier alpha value is -0.820. The third-order valence-corrected chi connectivity index (χ3v) is 6.10. The van der Waals surface area contributed by atoms with Crippen LogP contribution in [0.5, 0.6) is 0 Å². The molecule has 4 aliphatic carbocycles. The van der Waals surface area contributed by atoms with Gasteiger partial charge in [-0.15, -0.1) is 0 Å². The van der Waals surface area contributed by atoms with Gasteiger partial charge in [-0.3, -0.25) is 0 Å². The lowest BCUT2D eigenvalue weighted by atomic mass is 9.46. The van der Waals surface area contributed by atoms with Crippen molar-refractivity contribution in [3.63, 3.8) is 0 Å². The Labute approximate surface area is 116 Å². The van der Waals surface area contributed by atoms with Crippen LogP contribution in [0.15, 0.2) is 30.3 Å². The second-order valence-electron chi connectivity index (χ2n) is 7.20. The molecule has 1 N–H and O–H groups in total. The summed E-state index contributed by atoms with van der Waals surface area (Å²) in [5.74, 6) is 2.88. The van der Waals surface area contributed by atoms with E-state index in [4.69, 9.17) is 0 Å². The van der Waals surface area contributed by atoms with Gasteiger partial charge in [0.25, 0.3) is 0 Å². The molecule has 4 aliphatic rings. The third kappa shape index (κ3) is 1.78. The van der Waals surface area contributed by atoms with Gasteiger partial charge in [0, 0.05) is 6.04 Å². The smallest absolute Gasteiger partial charge is 0.0124 e. The lowest BCUT2D eigenvalue weighted by molar-refractivity contribution is -0.0343. The maximum Gasteiger partial charge on any atom is 0.0124 e. The fraction of sp³-hybridized carbons (Fsp3) is 0.667. The second kappa shape index (κ2) is 4.34. The maximum atomic E-state index is 3.80. The summed E-state index contributed by atoms with van der Waals surface area (Å²) in [7, 11) is 0. The highest BCUT2D eigenvalue weighted by Gasteiger charge is 2.55. The molecule has 5 rings (SSSR count). The fourth-order valence-electron chi connectivity index (χ4n) is 5.74. The zero-order valence-electron chi connectivity index (χ0n) is 11.9. The first-order chi connectivity index (χ1) is 9.31. The number of benzene rings is 1. The van der Waals surface area contributed by atoms with Gasteiger partial charge in [0.15, 0.2) is 0 Å². The van der Waals surface area contributed by atoms with E-state index >= 15 is 0 Å². The van der Waals surface area contributed by atoms with Crippen LogP contribution in [-0.4, -0.2) is 12.6 Å². The van der Waals surface area contributed by atoms with Crippen molar-refractivity contribution in [1.82, 2.24) is 5.32 Å². The van der Waals surface area contributed by atoms with Crippen LogP contribution >= 0.6 is 0 Å². The van der Waals surface area contributed by atoms with Crippen molar-refractivity contribution in [1.29, 1.82) is 0 Å². The van der Waals surface area contributed by atoms with Crippen molar-refractivity contribution >= 4 is 0 Å². The minimum absolute atomic E-state index is 0.531. The fourth-order valence-corrected chi connectivity index (χ4v) is 5.74. The predicted octanol–water partition coefficient (Wildman–Crippen LogP) is 3.74. The minimum Gasteiger partial charge on any atom is -0.314 e. The molecule has 2 unspecified atom stereocenters. The molecule has 0 aliphatic heterocycles. The largest absolute Gasteiger partial charge is 0.314 e. The number of hydrogen-bond acceptors (Lipinski definition) is 1. The average molecular weight is 255 g/mol. The van der Waals surface area contributed by atoms with Gasteiger partial charge in [0.1, 0.15) is 0 Å². The SMILES string of the molecule is CCNC1C2CC3CC1CC(c1ccccc1)(C3)C2. The van der Waals surface area contributed by atoms with Crippen LogP contribution in [0.25, 0.3) is 0 Å². The Balaban J connectivity index is 1.67. The van der Waals surface area contributed by atoms with Crippen LogP contribution in [-0.2, 0) is 5.41 Å². The average Bonchev–Trinajstić information content (AvgIpc) is 2.43. The molecule has 4 bridgehead atoms. The predicted molar refractivity (Wildman–Crippen MR) is 79.1 cm³/mol. The maximum absolute atomic E-state index is 3.80. The Morgan fingerprint density at radius 1 is 1.05 bits per heavy atom. The molecule has 1 heteroatoms. The quantitative estimate of drug-likeness (QED) is 0.867. The molecule has 0 saturated heterocycles. The molecule has 0 aromatic heterocycles. The van der Waals surface area contributed by atoms with Crippen molar-refractivity contribution in [2.75, 3.05) is 6.54 Å². The van der Waals surface area contributed by atoms with Crippen molar-refractivity contribution in [3.8, 4) is 0 Å². The molecule has 4 saturated carbocycles. The highest BCUT2D eigenvalue weighted by atomic mass is 14.9. The van der Waals surface area contributed by atoms with Gasteiger partial charge in [0.2, 0.25) is 0 Å². The molecule has 0 radical (unpaired) electrons. The summed E-state index contributed by atoms with van der Waals surface area (Å²) < 4.78 is 0. The molecule has 1 nitrogen and oxygen atoms in total. The van der Waals surface area contributed by atoms with Gasteiger partial charge in [-0.1, -0.05) is 37.3 Å². The number of nitrogens with one attached hydrogen (secondary N) is 1. The van der Waals surface area contributed by atoms with E-state index in [1.807, 2.05) is 0 Å². The third-order valence-electron chi connectivity index (χ3n) is 6.10. The Kier molecular flexibility index (Phi) is 2.73. The molecule has 102 valence electrons. The second-order valence-corrected chi connectivity index (χ2v) is 7.20. The van der Waals surface area contributed by atoms with Gasteiger partial charge in [-0.25, -0.2) is 0 Å². The number of rotatable bonds is 3. The molecule has 1 aromatic rings. The van der Waals surface area contributed by atoms with Crippen LogP contribution in [0.1, 0.15) is 44.6 Å². The lowest BCUT2D eigenvalue weighted by Gasteiger charge is -2.60. The van der Waals surface area contributed by atoms with E-state index in [9.17, 15) is 0 Å². The molecular formula is C18H25N. The van der Waals surface area contributed by atoms with Crippen LogP contribution in [0.3, 0.4) is 0 Å². The van der Waals surface area contributed by atoms with E-state index in [-0.39, 0.29) is 0 Å². The first-order valence-electron chi connectivity index (χ1n) is 8.10. The Bertz CT molecular complexity index is 436. The lowest BCUT2D eigenvalue weighted by Crippen LogP contribution is -2.59. The highest BCUT2D eigenvalue weighted by molar-refractivity contribution is 5.30. The highest BCUT2D eigenvalue weighted by Crippen LogP contribution is 2.60. The molecule has 0 amide bonds. The van der Waals surface area contributed by atoms with Crippen molar-refractivity contribution in [3.05, 3.63) is 35.9 Å². The topological polar surface area (TPSA) is 12.0 Å². The van der Waals surface area contributed by atoms with E-state index in [2.05, 4.69) is 42.6 Å². The van der Waals surface area contributed by atoms with Crippen molar-refractivity contribution in [2.45, 2.75) is 50.5 Å². The summed E-state index contributed by atoms with van der Waals surface area (Å²) in [6.07, 6.45) is 7.30. The Morgan fingerprint density at radius 3 is 2.37 bits per heavy atom. The monoisotopic (exact) mass is 255 g/mol. The zero-order chi connectivity index (χ0) is 12.9. The summed E-state index contributed by atoms with van der Waals surface area (Å²) in [6, 6.07) is 12.2. The van der Waals surface area contributed by atoms with Gasteiger partial charge < -0.3 is 5.32 Å². The number of hydrogen-bond donors (Lipinski definition) is 1. The van der Waals surface area contributed by atoms with E-state index in [1.165, 1.54) is 32.1 Å². The summed E-state index contributed by atoms with van der Waals surface area (Å²) in [5.41, 5.74) is 2.16. The Morgan fingerprint density at radius 2 is 1.74 bits per heavy atom. The first kappa shape index (κ1) is 12.0. The zero-order valence-corrected chi connectivity index (χ0v) is 11.9. The van der Waals surface area contributed by atoms with Crippen LogP contribution in [0, 0.1) is 17.8 Å². The molecule has 1 aromatic carbocycles. The van der Waals surface area contributed by atoms with E-state index in [1.54, 1.807) is 5.56 Å². The van der Waals surface area contributed by atoms with E-state index in [0.29, 0.717) is 5.41 Å². The normalized spacial score (nSPS) is 43.6. The first-order valence-corrected chi connectivity index (χ1v) is 8.10. The van der Waals surface area contributed by atoms with Gasteiger partial charge in [-0.05, 0) is 67.4 Å². The van der Waals surface area contributed by atoms with E-state index in [0.717, 1.165) is 30.3 Å². The van der Waals surface area contributed by atoms with Gasteiger partial charge >= 0.3 is 0 Å². The van der Waals surface area contributed by atoms with Crippen LogP contribution in [0.4, 0.5) is 0 Å². The summed E-state index contributed by atoms with van der Waals surface area (Å²) >= 11 is 0. The molecule has 4 fully saturated rings. The summed E-state index contributed by atoms with van der Waals surface area (Å²) in [5, 5.41) is 3.80. The minimum atomic E-state index is 0.531. The van der Waals surface area contributed by atoms with Gasteiger partial charge in [-0.2, -0.15) is 0 Å². The van der Waals surface area contributed by atoms with Gasteiger partial charge in [0.05, 0.1) is 0 Å². The van der Waals surface area contributed by atoms with E-state index < -0.39 is 0 Å². The van der Waals surface area contributed by atoms with Crippen LogP contribution in [0.2, 0.25) is 0 Å². The van der Waals surface area contributed by atoms with Crippen molar-refractivity contribution in [2.24, 2.45) is 17.8 Å². The summed E-state index contributed by atoms with van der Waals surface area (Å²) in [4.78, 5) is 0. The molecule has 0 heterocycles. The molecule has 19 heavy (non-hydrogen) atoms. The molecule has 2 atom stereocenters. The molecular weight excluding hydrogens is 230 g/mol. The van der Waals surface area contributed by atoms with Crippen molar-refractivity contribution < 1.29 is 0 Å². The standard InChI is InChI=1S/C18H25N/c1-2-19-17-14-8-13-9-15(17)12-18(10-13,11-14)16-6-4-3-5-7-16/h3-7,13-15,17,19H,2,8-12H2,1H3. The summed E-state index contributed by atoms with van der Waals surface area (Å²) in [6.45, 7) is 3.40. The molecule has 0 spiro atoms.